The van der Waals surface area contributed by atoms with Gasteiger partial charge in [0.2, 0.25) is 4.73 Å². The van der Waals surface area contributed by atoms with E-state index in [1.165, 1.54) is 7.05 Å². The quantitative estimate of drug-likeness (QED) is 0.706. The largest absolute Gasteiger partial charge is 0.297 e. The molecule has 0 amide bonds. The Labute approximate surface area is 64.2 Å². The first kappa shape index (κ1) is 7.59. The summed E-state index contributed by atoms with van der Waals surface area (Å²) in [6, 6.07) is 0. The molecule has 0 unspecified atom stereocenters. The molecular formula is C4H4BrF2N3. The average Bonchev–Trinajstić information content (AvgIpc) is 2.10. The maximum Gasteiger partial charge on any atom is 0.297 e. The van der Waals surface area contributed by atoms with Crippen LogP contribution in [0.3, 0.4) is 0 Å². The van der Waals surface area contributed by atoms with Crippen LogP contribution in [0.15, 0.2) is 4.73 Å². The summed E-state index contributed by atoms with van der Waals surface area (Å²) < 4.78 is 25.0. The number of aryl methyl sites for hydroxylation is 1. The molecule has 0 bridgehead atoms. The monoisotopic (exact) mass is 211 g/mol. The number of hydrogen-bond donors (Lipinski definition) is 0. The molecule has 0 saturated heterocycles. The molecule has 0 saturated carbocycles. The molecule has 1 rings (SSSR count). The van der Waals surface area contributed by atoms with Crippen LogP contribution in [-0.2, 0) is 7.05 Å². The van der Waals surface area contributed by atoms with E-state index in [-0.39, 0.29) is 10.6 Å². The second-order valence-corrected chi connectivity index (χ2v) is 2.37. The van der Waals surface area contributed by atoms with Crippen LogP contribution < -0.4 is 0 Å². The Hall–Kier alpha value is -0.520. The normalized spacial score (nSPS) is 10.9. The van der Waals surface area contributed by atoms with Crippen molar-refractivity contribution in [2.24, 2.45) is 7.05 Å². The molecule has 0 aromatic carbocycles. The SMILES string of the molecule is Cn1nc(Br)nc1C(F)F. The van der Waals surface area contributed by atoms with Crippen LogP contribution in [0, 0.1) is 0 Å². The molecule has 6 heteroatoms. The van der Waals surface area contributed by atoms with Gasteiger partial charge >= 0.3 is 0 Å². The molecule has 3 nitrogen and oxygen atoms in total. The van der Waals surface area contributed by atoms with Crippen molar-refractivity contribution in [2.45, 2.75) is 6.43 Å². The van der Waals surface area contributed by atoms with Crippen LogP contribution in [-0.4, -0.2) is 14.8 Å². The maximum absolute atomic E-state index is 11.9. The lowest BCUT2D eigenvalue weighted by Gasteiger charge is -1.94. The third kappa shape index (κ3) is 1.31. The van der Waals surface area contributed by atoms with Gasteiger partial charge in [-0.25, -0.2) is 13.5 Å². The molecule has 1 aromatic heterocycles. The van der Waals surface area contributed by atoms with Gasteiger partial charge in [-0.3, -0.25) is 0 Å². The Kier molecular flexibility index (Phi) is 1.98. The van der Waals surface area contributed by atoms with E-state index < -0.39 is 6.43 Å². The van der Waals surface area contributed by atoms with Crippen molar-refractivity contribution in [3.8, 4) is 0 Å². The molecule has 0 spiro atoms. The number of halogens is 3. The minimum atomic E-state index is -2.57. The van der Waals surface area contributed by atoms with Crippen LogP contribution in [0.5, 0.6) is 0 Å². The highest BCUT2D eigenvalue weighted by molar-refractivity contribution is 9.10. The Balaban J connectivity index is 3.03. The van der Waals surface area contributed by atoms with Gasteiger partial charge in [0.25, 0.3) is 6.43 Å². The smallest absolute Gasteiger partial charge is 0.247 e. The molecule has 1 heterocycles. The third-order valence-corrected chi connectivity index (χ3v) is 1.30. The van der Waals surface area contributed by atoms with Crippen molar-refractivity contribution in [1.29, 1.82) is 0 Å². The summed E-state index contributed by atoms with van der Waals surface area (Å²) in [5, 5.41) is 3.57. The zero-order valence-electron chi connectivity index (χ0n) is 5.05. The highest BCUT2D eigenvalue weighted by Crippen LogP contribution is 2.16. The number of rotatable bonds is 1. The molecule has 0 aliphatic carbocycles. The second kappa shape index (κ2) is 2.61. The fraction of sp³-hybridized carbons (Fsp3) is 0.500. The lowest BCUT2D eigenvalue weighted by atomic mass is 10.6. The molecule has 0 N–H and O–H groups in total. The van der Waals surface area contributed by atoms with E-state index >= 15 is 0 Å². The van der Waals surface area contributed by atoms with Gasteiger partial charge in [0.05, 0.1) is 0 Å². The molecular weight excluding hydrogens is 208 g/mol. The van der Waals surface area contributed by atoms with Crippen molar-refractivity contribution < 1.29 is 8.78 Å². The van der Waals surface area contributed by atoms with Gasteiger partial charge in [0, 0.05) is 7.05 Å². The molecule has 0 aliphatic rings. The van der Waals surface area contributed by atoms with E-state index in [1.807, 2.05) is 0 Å². The molecule has 10 heavy (non-hydrogen) atoms. The first-order chi connectivity index (χ1) is 4.61. The van der Waals surface area contributed by atoms with Gasteiger partial charge < -0.3 is 0 Å². The predicted octanol–water partition coefficient (Wildman–Crippen LogP) is 1.52. The molecule has 56 valence electrons. The zero-order chi connectivity index (χ0) is 7.72. The first-order valence-corrected chi connectivity index (χ1v) is 3.25. The Morgan fingerprint density at radius 3 is 2.40 bits per heavy atom. The van der Waals surface area contributed by atoms with E-state index in [0.717, 1.165) is 4.68 Å². The van der Waals surface area contributed by atoms with Crippen LogP contribution in [0.2, 0.25) is 0 Å². The molecule has 0 atom stereocenters. The highest BCUT2D eigenvalue weighted by Gasteiger charge is 2.14. The Morgan fingerprint density at radius 2 is 2.20 bits per heavy atom. The Morgan fingerprint density at radius 1 is 1.60 bits per heavy atom. The van der Waals surface area contributed by atoms with Gasteiger partial charge in [0.15, 0.2) is 5.82 Å². The number of nitrogens with zero attached hydrogens (tertiary/aromatic N) is 3. The summed E-state index contributed by atoms with van der Waals surface area (Å²) in [6.45, 7) is 0. The standard InChI is InChI=1S/C4H4BrF2N3/c1-10-3(2(6)7)8-4(5)9-10/h2H,1H3. The van der Waals surface area contributed by atoms with Crippen LogP contribution in [0.4, 0.5) is 8.78 Å². The number of hydrogen-bond acceptors (Lipinski definition) is 2. The van der Waals surface area contributed by atoms with E-state index in [0.29, 0.717) is 0 Å². The molecule has 0 radical (unpaired) electrons. The first-order valence-electron chi connectivity index (χ1n) is 2.46. The van der Waals surface area contributed by atoms with Crippen molar-refractivity contribution >= 4 is 15.9 Å². The third-order valence-electron chi connectivity index (χ3n) is 0.966. The van der Waals surface area contributed by atoms with Crippen molar-refractivity contribution in [3.05, 3.63) is 10.6 Å². The molecule has 0 fully saturated rings. The van der Waals surface area contributed by atoms with Crippen LogP contribution in [0.25, 0.3) is 0 Å². The number of alkyl halides is 2. The summed E-state index contributed by atoms with van der Waals surface area (Å²) in [5.41, 5.74) is 0. The van der Waals surface area contributed by atoms with E-state index in [2.05, 4.69) is 26.0 Å². The summed E-state index contributed by atoms with van der Waals surface area (Å²) >= 11 is 2.87. The molecule has 1 aromatic rings. The minimum Gasteiger partial charge on any atom is -0.247 e. The van der Waals surface area contributed by atoms with E-state index in [4.69, 9.17) is 0 Å². The lowest BCUT2D eigenvalue weighted by Crippen LogP contribution is -1.98. The Bertz CT molecular complexity index is 234. The fourth-order valence-electron chi connectivity index (χ4n) is 0.554. The van der Waals surface area contributed by atoms with E-state index in [9.17, 15) is 8.78 Å². The zero-order valence-corrected chi connectivity index (χ0v) is 6.64. The van der Waals surface area contributed by atoms with Crippen LogP contribution in [0.1, 0.15) is 12.2 Å². The summed E-state index contributed by atoms with van der Waals surface area (Å²) in [6.07, 6.45) is -2.57. The van der Waals surface area contributed by atoms with Crippen molar-refractivity contribution in [1.82, 2.24) is 14.8 Å². The summed E-state index contributed by atoms with van der Waals surface area (Å²) in [4.78, 5) is 3.43. The van der Waals surface area contributed by atoms with Gasteiger partial charge in [-0.2, -0.15) is 4.98 Å². The average molecular weight is 212 g/mol. The van der Waals surface area contributed by atoms with Crippen LogP contribution >= 0.6 is 15.9 Å². The summed E-state index contributed by atoms with van der Waals surface area (Å²) in [7, 11) is 1.42. The van der Waals surface area contributed by atoms with Gasteiger partial charge in [-0.15, -0.1) is 5.10 Å². The van der Waals surface area contributed by atoms with Gasteiger partial charge in [-0.1, -0.05) is 0 Å². The second-order valence-electron chi connectivity index (χ2n) is 1.66. The van der Waals surface area contributed by atoms with Gasteiger partial charge in [0.1, 0.15) is 0 Å². The van der Waals surface area contributed by atoms with Crippen molar-refractivity contribution in [2.75, 3.05) is 0 Å². The summed E-state index contributed by atoms with van der Waals surface area (Å²) in [5.74, 6) is -0.327. The highest BCUT2D eigenvalue weighted by atomic mass is 79.9. The maximum atomic E-state index is 11.9. The molecule has 0 aliphatic heterocycles. The van der Waals surface area contributed by atoms with E-state index in [1.54, 1.807) is 0 Å². The van der Waals surface area contributed by atoms with Crippen molar-refractivity contribution in [3.63, 3.8) is 0 Å². The van der Waals surface area contributed by atoms with Gasteiger partial charge in [-0.05, 0) is 15.9 Å². The fourth-order valence-corrected chi connectivity index (χ4v) is 0.974. The number of aromatic nitrogens is 3. The predicted molar refractivity (Wildman–Crippen MR) is 33.7 cm³/mol. The lowest BCUT2D eigenvalue weighted by molar-refractivity contribution is 0.135. The minimum absolute atomic E-state index is 0.185. The topological polar surface area (TPSA) is 30.7 Å².